The van der Waals surface area contributed by atoms with E-state index in [4.69, 9.17) is 11.3 Å². The largest absolute Gasteiger partial charge is 0.444 e. The van der Waals surface area contributed by atoms with Crippen molar-refractivity contribution in [1.29, 1.82) is 0 Å². The van der Waals surface area contributed by atoms with E-state index >= 15 is 0 Å². The maximum absolute atomic E-state index is 11.4. The van der Waals surface area contributed by atoms with Gasteiger partial charge in [-0.05, 0) is 32.9 Å². The smallest absolute Gasteiger partial charge is 0.407 e. The Morgan fingerprint density at radius 1 is 1.26 bits per heavy atom. The number of ether oxygens (including phenoxy) is 1. The molecule has 0 spiro atoms. The number of hydrogen-bond acceptors (Lipinski definition) is 3. The molecule has 0 bridgehead atoms. The number of hydrogen-bond donors (Lipinski definition) is 2. The topological polar surface area (TPSA) is 54.7 Å². The molecule has 0 heterocycles. The van der Waals surface area contributed by atoms with E-state index in [1.807, 2.05) is 32.9 Å². The fourth-order valence-electron chi connectivity index (χ4n) is 1.34. The number of amides is 1. The number of carbonyl (C=O) groups excluding carboxylic acids is 1. The van der Waals surface area contributed by atoms with Gasteiger partial charge >= 0.3 is 6.09 Å². The van der Waals surface area contributed by atoms with Gasteiger partial charge in [0.1, 0.15) is 5.60 Å². The highest BCUT2D eigenvalue weighted by Crippen LogP contribution is 2.15. The highest BCUT2D eigenvalue weighted by molar-refractivity contribution is 5.67. The van der Waals surface area contributed by atoms with Crippen LogP contribution in [-0.2, 0) is 4.74 Å². The minimum atomic E-state index is -0.479. The molecule has 0 aliphatic rings. The first-order chi connectivity index (χ1) is 8.90. The maximum Gasteiger partial charge on any atom is 0.407 e. The SMILES string of the molecule is [C-]#[N+]c1ccc(NCCNC(=O)OC(C)(C)C)cc1. The van der Waals surface area contributed by atoms with Crippen LogP contribution in [0, 0.1) is 6.57 Å². The molecule has 0 atom stereocenters. The van der Waals surface area contributed by atoms with Gasteiger partial charge < -0.3 is 15.4 Å². The molecule has 0 radical (unpaired) electrons. The average Bonchev–Trinajstić information content (AvgIpc) is 2.33. The number of nitrogens with zero attached hydrogens (tertiary/aromatic N) is 1. The molecular formula is C14H19N3O2. The van der Waals surface area contributed by atoms with Crippen LogP contribution in [0.4, 0.5) is 16.2 Å². The fraction of sp³-hybridized carbons (Fsp3) is 0.429. The van der Waals surface area contributed by atoms with Crippen molar-refractivity contribution in [2.75, 3.05) is 18.4 Å². The summed E-state index contributed by atoms with van der Waals surface area (Å²) in [5, 5.41) is 5.80. The second-order valence-corrected chi connectivity index (χ2v) is 5.01. The molecule has 1 rings (SSSR count). The third-order valence-corrected chi connectivity index (χ3v) is 2.12. The molecule has 0 aliphatic carbocycles. The summed E-state index contributed by atoms with van der Waals surface area (Å²) in [6, 6.07) is 7.16. The molecule has 0 unspecified atom stereocenters. The lowest BCUT2D eigenvalue weighted by Crippen LogP contribution is -2.34. The van der Waals surface area contributed by atoms with Crippen molar-refractivity contribution in [3.63, 3.8) is 0 Å². The first-order valence-corrected chi connectivity index (χ1v) is 6.09. The maximum atomic E-state index is 11.4. The van der Waals surface area contributed by atoms with Gasteiger partial charge in [-0.2, -0.15) is 0 Å². The second-order valence-electron chi connectivity index (χ2n) is 5.01. The van der Waals surface area contributed by atoms with Crippen molar-refractivity contribution in [3.8, 4) is 0 Å². The van der Waals surface area contributed by atoms with Gasteiger partial charge in [0.25, 0.3) is 0 Å². The number of alkyl carbamates (subject to hydrolysis) is 1. The van der Waals surface area contributed by atoms with Crippen molar-refractivity contribution < 1.29 is 9.53 Å². The summed E-state index contributed by atoms with van der Waals surface area (Å²) in [4.78, 5) is 14.7. The predicted molar refractivity (Wildman–Crippen MR) is 75.4 cm³/mol. The summed E-state index contributed by atoms with van der Waals surface area (Å²) in [6.45, 7) is 13.4. The number of benzene rings is 1. The zero-order valence-corrected chi connectivity index (χ0v) is 11.5. The number of rotatable bonds is 4. The van der Waals surface area contributed by atoms with Crippen LogP contribution in [0.2, 0.25) is 0 Å². The van der Waals surface area contributed by atoms with E-state index in [1.54, 1.807) is 12.1 Å². The van der Waals surface area contributed by atoms with Gasteiger partial charge in [0, 0.05) is 18.8 Å². The number of carbonyl (C=O) groups is 1. The molecule has 5 heteroatoms. The van der Waals surface area contributed by atoms with Gasteiger partial charge in [0.05, 0.1) is 6.57 Å². The highest BCUT2D eigenvalue weighted by Gasteiger charge is 2.15. The Labute approximate surface area is 113 Å². The molecule has 0 aliphatic heterocycles. The molecule has 2 N–H and O–H groups in total. The van der Waals surface area contributed by atoms with Gasteiger partial charge in [0.15, 0.2) is 5.69 Å². The van der Waals surface area contributed by atoms with Crippen LogP contribution in [0.1, 0.15) is 20.8 Å². The van der Waals surface area contributed by atoms with Crippen molar-refractivity contribution in [2.24, 2.45) is 0 Å². The van der Waals surface area contributed by atoms with E-state index < -0.39 is 11.7 Å². The number of anilines is 1. The lowest BCUT2D eigenvalue weighted by Gasteiger charge is -2.19. The minimum absolute atomic E-state index is 0.419. The molecular weight excluding hydrogens is 242 g/mol. The predicted octanol–water partition coefficient (Wildman–Crippen LogP) is 3.17. The van der Waals surface area contributed by atoms with E-state index in [9.17, 15) is 4.79 Å². The monoisotopic (exact) mass is 261 g/mol. The summed E-state index contributed by atoms with van der Waals surface area (Å²) < 4.78 is 5.11. The summed E-state index contributed by atoms with van der Waals surface area (Å²) in [5.41, 5.74) is 1.04. The lowest BCUT2D eigenvalue weighted by atomic mass is 10.2. The molecule has 1 aromatic rings. The zero-order chi connectivity index (χ0) is 14.3. The van der Waals surface area contributed by atoms with E-state index in [2.05, 4.69) is 15.5 Å². The van der Waals surface area contributed by atoms with Gasteiger partial charge in [-0.25, -0.2) is 9.64 Å². The van der Waals surface area contributed by atoms with Crippen LogP contribution in [0.3, 0.4) is 0 Å². The summed E-state index contributed by atoms with van der Waals surface area (Å²) in [6.07, 6.45) is -0.419. The Morgan fingerprint density at radius 2 is 1.89 bits per heavy atom. The van der Waals surface area contributed by atoms with Gasteiger partial charge in [-0.1, -0.05) is 12.1 Å². The zero-order valence-electron chi connectivity index (χ0n) is 11.5. The van der Waals surface area contributed by atoms with Crippen LogP contribution in [0.15, 0.2) is 24.3 Å². The van der Waals surface area contributed by atoms with E-state index in [-0.39, 0.29) is 0 Å². The van der Waals surface area contributed by atoms with Crippen LogP contribution in [0.25, 0.3) is 4.85 Å². The Kier molecular flexibility index (Phi) is 5.19. The molecule has 1 aromatic carbocycles. The third-order valence-electron chi connectivity index (χ3n) is 2.12. The molecule has 0 saturated carbocycles. The van der Waals surface area contributed by atoms with Crippen LogP contribution >= 0.6 is 0 Å². The Hall–Kier alpha value is -2.22. The quantitative estimate of drug-likeness (QED) is 0.646. The Morgan fingerprint density at radius 3 is 2.42 bits per heavy atom. The van der Waals surface area contributed by atoms with Gasteiger partial charge in [-0.15, -0.1) is 0 Å². The first-order valence-electron chi connectivity index (χ1n) is 6.09. The Bertz CT molecular complexity index is 455. The van der Waals surface area contributed by atoms with E-state index in [0.29, 0.717) is 18.8 Å². The van der Waals surface area contributed by atoms with Crippen LogP contribution in [-0.4, -0.2) is 24.8 Å². The molecule has 1 amide bonds. The van der Waals surface area contributed by atoms with E-state index in [1.165, 1.54) is 0 Å². The molecule has 0 saturated heterocycles. The van der Waals surface area contributed by atoms with E-state index in [0.717, 1.165) is 5.69 Å². The summed E-state index contributed by atoms with van der Waals surface area (Å²) in [7, 11) is 0. The van der Waals surface area contributed by atoms with Crippen LogP contribution < -0.4 is 10.6 Å². The van der Waals surface area contributed by atoms with Crippen molar-refractivity contribution >= 4 is 17.5 Å². The van der Waals surface area contributed by atoms with Crippen molar-refractivity contribution in [2.45, 2.75) is 26.4 Å². The standard InChI is InChI=1S/C14H19N3O2/c1-14(2,3)19-13(18)17-10-9-16-12-7-5-11(15-4)6-8-12/h5-8,16H,9-10H2,1-3H3,(H,17,18). The lowest BCUT2D eigenvalue weighted by molar-refractivity contribution is 0.0530. The first kappa shape index (κ1) is 14.8. The van der Waals surface area contributed by atoms with Crippen molar-refractivity contribution in [3.05, 3.63) is 35.7 Å². The number of nitrogens with one attached hydrogen (secondary N) is 2. The van der Waals surface area contributed by atoms with Crippen molar-refractivity contribution in [1.82, 2.24) is 5.32 Å². The molecule has 0 fully saturated rings. The second kappa shape index (κ2) is 6.64. The average molecular weight is 261 g/mol. The van der Waals surface area contributed by atoms with Gasteiger partial charge in [0.2, 0.25) is 0 Å². The molecule has 102 valence electrons. The summed E-state index contributed by atoms with van der Waals surface area (Å²) >= 11 is 0. The normalized spacial score (nSPS) is 10.4. The molecule has 19 heavy (non-hydrogen) atoms. The Balaban J connectivity index is 2.24. The molecule has 5 nitrogen and oxygen atoms in total. The third kappa shape index (κ3) is 6.32. The summed E-state index contributed by atoms with van der Waals surface area (Å²) in [5.74, 6) is 0. The fourth-order valence-corrected chi connectivity index (χ4v) is 1.34. The minimum Gasteiger partial charge on any atom is -0.444 e. The van der Waals surface area contributed by atoms with Gasteiger partial charge in [-0.3, -0.25) is 0 Å². The highest BCUT2D eigenvalue weighted by atomic mass is 16.6. The molecule has 0 aromatic heterocycles. The van der Waals surface area contributed by atoms with Crippen LogP contribution in [0.5, 0.6) is 0 Å².